The molecule has 3 nitrogen and oxygen atoms in total. The molecule has 1 aliphatic carbocycles. The summed E-state index contributed by atoms with van der Waals surface area (Å²) in [6.45, 7) is 9.35. The normalized spacial score (nSPS) is 26.6. The number of nitrogens with zero attached hydrogens (tertiary/aromatic N) is 1. The van der Waals surface area contributed by atoms with Crippen LogP contribution in [0.2, 0.25) is 0 Å². The van der Waals surface area contributed by atoms with Gasteiger partial charge in [-0.3, -0.25) is 4.90 Å². The van der Waals surface area contributed by atoms with Crippen LogP contribution in [0, 0.1) is 5.92 Å². The van der Waals surface area contributed by atoms with E-state index in [4.69, 9.17) is 4.74 Å². The maximum atomic E-state index is 5.20. The SMILES string of the molecule is COCCCCN1CC2(CCCCC2)NCC1CC(C)C. The van der Waals surface area contributed by atoms with Crippen molar-refractivity contribution in [2.45, 2.75) is 76.8 Å². The van der Waals surface area contributed by atoms with Crippen molar-refractivity contribution in [3.05, 3.63) is 0 Å². The summed E-state index contributed by atoms with van der Waals surface area (Å²) >= 11 is 0. The average Bonchev–Trinajstić information content (AvgIpc) is 2.47. The molecule has 0 radical (unpaired) electrons. The fourth-order valence-electron chi connectivity index (χ4n) is 4.20. The number of ether oxygens (including phenoxy) is 1. The first-order valence-corrected chi connectivity index (χ1v) is 9.13. The molecule has 1 saturated heterocycles. The van der Waals surface area contributed by atoms with Crippen molar-refractivity contribution >= 4 is 0 Å². The highest BCUT2D eigenvalue weighted by atomic mass is 16.5. The van der Waals surface area contributed by atoms with E-state index in [0.29, 0.717) is 5.54 Å². The van der Waals surface area contributed by atoms with Gasteiger partial charge in [0.05, 0.1) is 0 Å². The van der Waals surface area contributed by atoms with Gasteiger partial charge in [0, 0.05) is 38.4 Å². The van der Waals surface area contributed by atoms with Crippen LogP contribution in [0.1, 0.15) is 65.2 Å². The molecular formula is C18H36N2O. The van der Waals surface area contributed by atoms with E-state index >= 15 is 0 Å². The molecule has 1 saturated carbocycles. The van der Waals surface area contributed by atoms with Gasteiger partial charge in [0.15, 0.2) is 0 Å². The minimum Gasteiger partial charge on any atom is -0.385 e. The van der Waals surface area contributed by atoms with Crippen LogP contribution >= 0.6 is 0 Å². The quantitative estimate of drug-likeness (QED) is 0.728. The van der Waals surface area contributed by atoms with E-state index < -0.39 is 0 Å². The minimum atomic E-state index is 0.437. The molecule has 2 rings (SSSR count). The largest absolute Gasteiger partial charge is 0.385 e. The second-order valence-corrected chi connectivity index (χ2v) is 7.68. The molecule has 0 bridgehead atoms. The molecule has 0 aromatic carbocycles. The molecular weight excluding hydrogens is 260 g/mol. The van der Waals surface area contributed by atoms with Gasteiger partial charge >= 0.3 is 0 Å². The summed E-state index contributed by atoms with van der Waals surface area (Å²) in [6.07, 6.45) is 10.8. The zero-order chi connectivity index (χ0) is 15.1. The van der Waals surface area contributed by atoms with Gasteiger partial charge in [-0.25, -0.2) is 0 Å². The van der Waals surface area contributed by atoms with Gasteiger partial charge in [-0.1, -0.05) is 33.1 Å². The van der Waals surface area contributed by atoms with Crippen molar-refractivity contribution in [2.75, 3.05) is 33.4 Å². The van der Waals surface area contributed by atoms with Crippen molar-refractivity contribution in [1.82, 2.24) is 10.2 Å². The highest BCUT2D eigenvalue weighted by Crippen LogP contribution is 2.33. The molecule has 0 aromatic heterocycles. The molecule has 1 aliphatic heterocycles. The van der Waals surface area contributed by atoms with Gasteiger partial charge in [-0.15, -0.1) is 0 Å². The van der Waals surface area contributed by atoms with Gasteiger partial charge in [0.2, 0.25) is 0 Å². The maximum absolute atomic E-state index is 5.20. The van der Waals surface area contributed by atoms with Crippen LogP contribution in [0.4, 0.5) is 0 Å². The van der Waals surface area contributed by atoms with Crippen LogP contribution in [0.3, 0.4) is 0 Å². The molecule has 0 aromatic rings. The summed E-state index contributed by atoms with van der Waals surface area (Å²) in [4.78, 5) is 2.80. The molecule has 21 heavy (non-hydrogen) atoms. The Hall–Kier alpha value is -0.120. The van der Waals surface area contributed by atoms with Gasteiger partial charge in [0.25, 0.3) is 0 Å². The summed E-state index contributed by atoms with van der Waals surface area (Å²) in [5, 5.41) is 3.96. The maximum Gasteiger partial charge on any atom is 0.0462 e. The Kier molecular flexibility index (Phi) is 6.97. The Balaban J connectivity index is 1.90. The molecule has 1 unspecified atom stereocenters. The van der Waals surface area contributed by atoms with Crippen molar-refractivity contribution in [1.29, 1.82) is 0 Å². The third kappa shape index (κ3) is 5.22. The minimum absolute atomic E-state index is 0.437. The third-order valence-electron chi connectivity index (χ3n) is 5.33. The lowest BCUT2D eigenvalue weighted by atomic mass is 9.79. The lowest BCUT2D eigenvalue weighted by molar-refractivity contribution is 0.0444. The predicted molar refractivity (Wildman–Crippen MR) is 89.7 cm³/mol. The number of rotatable bonds is 7. The van der Waals surface area contributed by atoms with Gasteiger partial charge in [-0.05, 0) is 44.6 Å². The number of hydrogen-bond acceptors (Lipinski definition) is 3. The summed E-state index contributed by atoms with van der Waals surface area (Å²) < 4.78 is 5.20. The standard InChI is InChI=1S/C18H36N2O/c1-16(2)13-17-14-19-18(9-5-4-6-10-18)15-20(17)11-7-8-12-21-3/h16-17,19H,4-15H2,1-3H3. The number of piperazine rings is 1. The molecule has 1 atom stereocenters. The van der Waals surface area contributed by atoms with Crippen LogP contribution in [0.5, 0.6) is 0 Å². The lowest BCUT2D eigenvalue weighted by Crippen LogP contribution is -2.65. The van der Waals surface area contributed by atoms with E-state index in [9.17, 15) is 0 Å². The summed E-state index contributed by atoms with van der Waals surface area (Å²) in [7, 11) is 1.81. The van der Waals surface area contributed by atoms with E-state index in [1.165, 1.54) is 71.0 Å². The Morgan fingerprint density at radius 1 is 1.19 bits per heavy atom. The number of methoxy groups -OCH3 is 1. The smallest absolute Gasteiger partial charge is 0.0462 e. The average molecular weight is 296 g/mol. The topological polar surface area (TPSA) is 24.5 Å². The lowest BCUT2D eigenvalue weighted by Gasteiger charge is -2.50. The van der Waals surface area contributed by atoms with Crippen molar-refractivity contribution in [2.24, 2.45) is 5.92 Å². The van der Waals surface area contributed by atoms with Gasteiger partial charge in [0.1, 0.15) is 0 Å². The van der Waals surface area contributed by atoms with Crippen molar-refractivity contribution in [3.63, 3.8) is 0 Å². The van der Waals surface area contributed by atoms with Gasteiger partial charge < -0.3 is 10.1 Å². The Labute approximate surface area is 131 Å². The first kappa shape index (κ1) is 17.2. The first-order valence-electron chi connectivity index (χ1n) is 9.13. The predicted octanol–water partition coefficient (Wildman–Crippen LogP) is 3.44. The zero-order valence-electron chi connectivity index (χ0n) is 14.5. The van der Waals surface area contributed by atoms with E-state index in [1.54, 1.807) is 0 Å². The fourth-order valence-corrected chi connectivity index (χ4v) is 4.20. The molecule has 1 spiro atoms. The Bertz CT molecular complexity index is 287. The van der Waals surface area contributed by atoms with E-state index in [2.05, 4.69) is 24.1 Å². The highest BCUT2D eigenvalue weighted by Gasteiger charge is 2.39. The van der Waals surface area contributed by atoms with Crippen molar-refractivity contribution < 1.29 is 4.74 Å². The fraction of sp³-hybridized carbons (Fsp3) is 1.00. The molecule has 1 N–H and O–H groups in total. The second-order valence-electron chi connectivity index (χ2n) is 7.68. The molecule has 0 amide bonds. The van der Waals surface area contributed by atoms with Gasteiger partial charge in [-0.2, -0.15) is 0 Å². The molecule has 2 fully saturated rings. The zero-order valence-corrected chi connectivity index (χ0v) is 14.5. The van der Waals surface area contributed by atoms with Crippen LogP contribution < -0.4 is 5.32 Å². The van der Waals surface area contributed by atoms with Crippen LogP contribution in [-0.4, -0.2) is 49.8 Å². The van der Waals surface area contributed by atoms with Crippen molar-refractivity contribution in [3.8, 4) is 0 Å². The summed E-state index contributed by atoms with van der Waals surface area (Å²) in [6, 6.07) is 0.736. The molecule has 3 heteroatoms. The second kappa shape index (κ2) is 8.50. The highest BCUT2D eigenvalue weighted by molar-refractivity contribution is 4.99. The molecule has 124 valence electrons. The first-order chi connectivity index (χ1) is 10.2. The Morgan fingerprint density at radius 2 is 1.95 bits per heavy atom. The number of unbranched alkanes of at least 4 members (excludes halogenated alkanes) is 1. The van der Waals surface area contributed by atoms with Crippen LogP contribution in [-0.2, 0) is 4.74 Å². The summed E-state index contributed by atoms with van der Waals surface area (Å²) in [5.41, 5.74) is 0.437. The van der Waals surface area contributed by atoms with E-state index in [0.717, 1.165) is 18.6 Å². The van der Waals surface area contributed by atoms with Crippen LogP contribution in [0.15, 0.2) is 0 Å². The van der Waals surface area contributed by atoms with E-state index in [1.807, 2.05) is 7.11 Å². The summed E-state index contributed by atoms with van der Waals surface area (Å²) in [5.74, 6) is 0.790. The van der Waals surface area contributed by atoms with Crippen LogP contribution in [0.25, 0.3) is 0 Å². The monoisotopic (exact) mass is 296 g/mol. The van der Waals surface area contributed by atoms with E-state index in [-0.39, 0.29) is 0 Å². The Morgan fingerprint density at radius 3 is 2.62 bits per heavy atom. The number of nitrogens with one attached hydrogen (secondary N) is 1. The molecule has 1 heterocycles. The third-order valence-corrected chi connectivity index (χ3v) is 5.33. The number of hydrogen-bond donors (Lipinski definition) is 1. The molecule has 2 aliphatic rings.